The SMILES string of the molecule is C=C(NCCN)c1ccc(CNC(=O)c2ccc(C)s2)cc1.CC. The molecule has 4 nitrogen and oxygen atoms in total. The van der Waals surface area contributed by atoms with E-state index in [1.165, 1.54) is 11.3 Å². The first-order valence-corrected chi connectivity index (χ1v) is 8.98. The van der Waals surface area contributed by atoms with Crippen molar-refractivity contribution in [2.45, 2.75) is 27.3 Å². The summed E-state index contributed by atoms with van der Waals surface area (Å²) in [6, 6.07) is 11.8. The number of hydrogen-bond donors (Lipinski definition) is 3. The van der Waals surface area contributed by atoms with E-state index in [4.69, 9.17) is 5.73 Å². The van der Waals surface area contributed by atoms with Crippen molar-refractivity contribution in [1.82, 2.24) is 10.6 Å². The van der Waals surface area contributed by atoms with Crippen molar-refractivity contribution in [3.8, 4) is 0 Å². The topological polar surface area (TPSA) is 67.2 Å². The number of hydrogen-bond acceptors (Lipinski definition) is 4. The van der Waals surface area contributed by atoms with Crippen LogP contribution in [0.25, 0.3) is 5.70 Å². The first-order chi connectivity index (χ1) is 11.6. The van der Waals surface area contributed by atoms with Crippen LogP contribution in [0.4, 0.5) is 0 Å². The normalized spacial score (nSPS) is 9.67. The summed E-state index contributed by atoms with van der Waals surface area (Å²) in [6.45, 7) is 11.8. The molecule has 1 amide bonds. The lowest BCUT2D eigenvalue weighted by molar-refractivity contribution is 0.0955. The van der Waals surface area contributed by atoms with Gasteiger partial charge in [0.25, 0.3) is 5.91 Å². The Morgan fingerprint density at radius 1 is 1.12 bits per heavy atom. The average molecular weight is 346 g/mol. The molecule has 0 spiro atoms. The number of nitrogens with two attached hydrogens (primary N) is 1. The Morgan fingerprint density at radius 2 is 1.79 bits per heavy atom. The molecule has 0 bridgehead atoms. The quantitative estimate of drug-likeness (QED) is 0.719. The number of thiophene rings is 1. The van der Waals surface area contributed by atoms with Crippen LogP contribution < -0.4 is 16.4 Å². The van der Waals surface area contributed by atoms with Crippen molar-refractivity contribution in [2.75, 3.05) is 13.1 Å². The molecule has 130 valence electrons. The van der Waals surface area contributed by atoms with Gasteiger partial charge in [-0.2, -0.15) is 0 Å². The van der Waals surface area contributed by atoms with Crippen LogP contribution in [0.1, 0.15) is 39.5 Å². The van der Waals surface area contributed by atoms with Crippen LogP contribution in [0.3, 0.4) is 0 Å². The van der Waals surface area contributed by atoms with Crippen LogP contribution in [0, 0.1) is 6.92 Å². The highest BCUT2D eigenvalue weighted by Gasteiger charge is 2.07. The number of aryl methyl sites for hydroxylation is 1. The van der Waals surface area contributed by atoms with Crippen LogP contribution in [0.2, 0.25) is 0 Å². The Hall–Kier alpha value is -2.11. The minimum Gasteiger partial charge on any atom is -0.384 e. The van der Waals surface area contributed by atoms with Crippen LogP contribution in [0.15, 0.2) is 43.0 Å². The highest BCUT2D eigenvalue weighted by atomic mass is 32.1. The minimum absolute atomic E-state index is 0.0313. The molecule has 4 N–H and O–H groups in total. The molecule has 2 rings (SSSR count). The zero-order chi connectivity index (χ0) is 17.9. The maximum absolute atomic E-state index is 12.0. The third-order valence-corrected chi connectivity index (χ3v) is 4.20. The van der Waals surface area contributed by atoms with Crippen LogP contribution >= 0.6 is 11.3 Å². The zero-order valence-corrected chi connectivity index (χ0v) is 15.5. The molecule has 1 aromatic heterocycles. The number of amides is 1. The molecule has 0 aliphatic carbocycles. The molecular weight excluding hydrogens is 318 g/mol. The highest BCUT2D eigenvalue weighted by molar-refractivity contribution is 7.13. The van der Waals surface area contributed by atoms with Gasteiger partial charge in [0.15, 0.2) is 0 Å². The number of nitrogens with one attached hydrogen (secondary N) is 2. The largest absolute Gasteiger partial charge is 0.384 e. The monoisotopic (exact) mass is 345 g/mol. The van der Waals surface area contributed by atoms with Gasteiger partial charge in [0.1, 0.15) is 0 Å². The summed E-state index contributed by atoms with van der Waals surface area (Å²) in [7, 11) is 0. The van der Waals surface area contributed by atoms with Gasteiger partial charge >= 0.3 is 0 Å². The van der Waals surface area contributed by atoms with Crippen molar-refractivity contribution in [1.29, 1.82) is 0 Å². The van der Waals surface area contributed by atoms with E-state index in [1.807, 2.05) is 57.2 Å². The summed E-state index contributed by atoms with van der Waals surface area (Å²) in [5.41, 5.74) is 8.39. The van der Waals surface area contributed by atoms with E-state index in [2.05, 4.69) is 17.2 Å². The lowest BCUT2D eigenvalue weighted by atomic mass is 10.1. The van der Waals surface area contributed by atoms with Crippen molar-refractivity contribution < 1.29 is 4.79 Å². The minimum atomic E-state index is -0.0313. The number of carbonyl (C=O) groups excluding carboxylic acids is 1. The van der Waals surface area contributed by atoms with Crippen molar-refractivity contribution in [3.05, 3.63) is 63.9 Å². The van der Waals surface area contributed by atoms with Gasteiger partial charge in [0.05, 0.1) is 4.88 Å². The fourth-order valence-electron chi connectivity index (χ4n) is 1.97. The number of carbonyl (C=O) groups is 1. The van der Waals surface area contributed by atoms with E-state index in [1.54, 1.807) is 0 Å². The third kappa shape index (κ3) is 6.18. The number of benzene rings is 1. The second-order valence-electron chi connectivity index (χ2n) is 4.98. The Bertz CT molecular complexity index is 647. The molecule has 2 aromatic rings. The molecule has 0 fully saturated rings. The Kier molecular flexibility index (Phi) is 8.83. The molecule has 0 radical (unpaired) electrons. The number of rotatable bonds is 7. The summed E-state index contributed by atoms with van der Waals surface area (Å²) in [5, 5.41) is 6.08. The van der Waals surface area contributed by atoms with E-state index in [0.29, 0.717) is 19.6 Å². The Balaban J connectivity index is 0.00000139. The van der Waals surface area contributed by atoms with Gasteiger partial charge in [0.2, 0.25) is 0 Å². The second kappa shape index (κ2) is 10.6. The van der Waals surface area contributed by atoms with Crippen molar-refractivity contribution >= 4 is 22.9 Å². The molecular formula is C19H27N3OS. The first-order valence-electron chi connectivity index (χ1n) is 8.17. The van der Waals surface area contributed by atoms with E-state index in [0.717, 1.165) is 26.6 Å². The maximum Gasteiger partial charge on any atom is 0.261 e. The summed E-state index contributed by atoms with van der Waals surface area (Å²) in [4.78, 5) is 13.9. The van der Waals surface area contributed by atoms with Gasteiger partial charge in [-0.3, -0.25) is 4.79 Å². The van der Waals surface area contributed by atoms with E-state index >= 15 is 0 Å². The van der Waals surface area contributed by atoms with Gasteiger partial charge in [0, 0.05) is 30.2 Å². The highest BCUT2D eigenvalue weighted by Crippen LogP contribution is 2.15. The average Bonchev–Trinajstić information content (AvgIpc) is 3.06. The Labute approximate surface area is 148 Å². The van der Waals surface area contributed by atoms with Crippen molar-refractivity contribution in [2.24, 2.45) is 5.73 Å². The van der Waals surface area contributed by atoms with Gasteiger partial charge < -0.3 is 16.4 Å². The van der Waals surface area contributed by atoms with E-state index < -0.39 is 0 Å². The summed E-state index contributed by atoms with van der Waals surface area (Å²) >= 11 is 1.50. The van der Waals surface area contributed by atoms with Gasteiger partial charge in [-0.15, -0.1) is 11.3 Å². The summed E-state index contributed by atoms with van der Waals surface area (Å²) in [6.07, 6.45) is 0. The lowest BCUT2D eigenvalue weighted by Gasteiger charge is -2.10. The molecule has 0 saturated carbocycles. The van der Waals surface area contributed by atoms with E-state index in [-0.39, 0.29) is 5.91 Å². The smallest absolute Gasteiger partial charge is 0.261 e. The fraction of sp³-hybridized carbons (Fsp3) is 0.316. The lowest BCUT2D eigenvalue weighted by Crippen LogP contribution is -2.22. The molecule has 5 heteroatoms. The second-order valence-corrected chi connectivity index (χ2v) is 6.27. The van der Waals surface area contributed by atoms with E-state index in [9.17, 15) is 4.79 Å². The first kappa shape index (κ1) is 19.9. The Morgan fingerprint density at radius 3 is 2.33 bits per heavy atom. The molecule has 1 heterocycles. The van der Waals surface area contributed by atoms with Crippen LogP contribution in [-0.4, -0.2) is 19.0 Å². The maximum atomic E-state index is 12.0. The van der Waals surface area contributed by atoms with Crippen LogP contribution in [0.5, 0.6) is 0 Å². The van der Waals surface area contributed by atoms with Crippen LogP contribution in [-0.2, 0) is 6.54 Å². The predicted molar refractivity (Wildman–Crippen MR) is 104 cm³/mol. The molecule has 1 aromatic carbocycles. The fourth-order valence-corrected chi connectivity index (χ4v) is 2.76. The molecule has 0 aliphatic rings. The molecule has 0 atom stereocenters. The molecule has 0 unspecified atom stereocenters. The summed E-state index contributed by atoms with van der Waals surface area (Å²) in [5.74, 6) is -0.0313. The standard InChI is InChI=1S/C17H21N3OS.C2H6/c1-12-3-8-16(22-12)17(21)20-11-14-4-6-15(7-5-14)13(2)19-10-9-18;1-2/h3-8,19H,2,9-11,18H2,1H3,(H,20,21);1-2H3. The summed E-state index contributed by atoms with van der Waals surface area (Å²) < 4.78 is 0. The predicted octanol–water partition coefficient (Wildman–Crippen LogP) is 3.53. The van der Waals surface area contributed by atoms with Gasteiger partial charge in [-0.25, -0.2) is 0 Å². The molecule has 24 heavy (non-hydrogen) atoms. The molecule has 0 aliphatic heterocycles. The third-order valence-electron chi connectivity index (χ3n) is 3.20. The van der Waals surface area contributed by atoms with Gasteiger partial charge in [-0.05, 0) is 30.2 Å². The molecule has 0 saturated heterocycles. The van der Waals surface area contributed by atoms with Gasteiger partial charge in [-0.1, -0.05) is 44.7 Å². The van der Waals surface area contributed by atoms with Crippen molar-refractivity contribution in [3.63, 3.8) is 0 Å². The zero-order valence-electron chi connectivity index (χ0n) is 14.7.